The molecule has 114 valence electrons. The summed E-state index contributed by atoms with van der Waals surface area (Å²) in [5, 5.41) is 7.68. The summed E-state index contributed by atoms with van der Waals surface area (Å²) >= 11 is 0. The Bertz CT molecular complexity index is 544. The molecule has 6 nitrogen and oxygen atoms in total. The first-order chi connectivity index (χ1) is 8.71. The van der Waals surface area contributed by atoms with E-state index in [4.69, 9.17) is 10.9 Å². The largest absolute Gasteiger partial charge is 0.351 e. The average molecular weight is 322 g/mol. The third-order valence-electron chi connectivity index (χ3n) is 2.74. The van der Waals surface area contributed by atoms with Crippen LogP contribution in [0.15, 0.2) is 29.2 Å². The molecule has 0 heterocycles. The van der Waals surface area contributed by atoms with Gasteiger partial charge >= 0.3 is 0 Å². The third-order valence-corrected chi connectivity index (χ3v) is 3.67. The second kappa shape index (κ2) is 7.58. The molecule has 1 aromatic carbocycles. The lowest BCUT2D eigenvalue weighted by Gasteiger charge is -2.15. The SMILES string of the molecule is CC(C)[C@@H](N)C(=O)NCc1ccc(S(N)(=O)=O)cc1.Cl. The van der Waals surface area contributed by atoms with E-state index in [1.54, 1.807) is 12.1 Å². The Morgan fingerprint density at radius 3 is 2.15 bits per heavy atom. The van der Waals surface area contributed by atoms with Crippen LogP contribution in [0.2, 0.25) is 0 Å². The van der Waals surface area contributed by atoms with E-state index < -0.39 is 16.1 Å². The molecule has 0 saturated heterocycles. The van der Waals surface area contributed by atoms with Crippen molar-refractivity contribution >= 4 is 28.3 Å². The number of carbonyl (C=O) groups excluding carboxylic acids is 1. The van der Waals surface area contributed by atoms with Gasteiger partial charge in [-0.05, 0) is 23.6 Å². The molecule has 1 rings (SSSR count). The Balaban J connectivity index is 0.00000361. The monoisotopic (exact) mass is 321 g/mol. The summed E-state index contributed by atoms with van der Waals surface area (Å²) in [6.07, 6.45) is 0. The predicted molar refractivity (Wildman–Crippen MR) is 79.7 cm³/mol. The zero-order valence-corrected chi connectivity index (χ0v) is 13.0. The second-order valence-electron chi connectivity index (χ2n) is 4.68. The zero-order chi connectivity index (χ0) is 14.6. The van der Waals surface area contributed by atoms with Gasteiger partial charge in [-0.3, -0.25) is 4.79 Å². The van der Waals surface area contributed by atoms with E-state index in [0.717, 1.165) is 5.56 Å². The number of hydrogen-bond donors (Lipinski definition) is 3. The molecule has 1 aromatic rings. The van der Waals surface area contributed by atoms with Gasteiger partial charge in [0.25, 0.3) is 0 Å². The van der Waals surface area contributed by atoms with Crippen LogP contribution in [0.4, 0.5) is 0 Å². The van der Waals surface area contributed by atoms with Gasteiger partial charge in [0.2, 0.25) is 15.9 Å². The molecule has 5 N–H and O–H groups in total. The van der Waals surface area contributed by atoms with Gasteiger partial charge in [-0.25, -0.2) is 13.6 Å². The Labute approximate surface area is 125 Å². The van der Waals surface area contributed by atoms with Crippen molar-refractivity contribution in [2.24, 2.45) is 16.8 Å². The molecule has 20 heavy (non-hydrogen) atoms. The fraction of sp³-hybridized carbons (Fsp3) is 0.417. The first-order valence-corrected chi connectivity index (χ1v) is 7.41. The lowest BCUT2D eigenvalue weighted by atomic mass is 10.0. The number of benzene rings is 1. The fourth-order valence-corrected chi connectivity index (χ4v) is 1.92. The molecule has 0 radical (unpaired) electrons. The van der Waals surface area contributed by atoms with Gasteiger partial charge in [0.1, 0.15) is 0 Å². The molecule has 0 aliphatic rings. The molecule has 0 aliphatic carbocycles. The average Bonchev–Trinajstić information content (AvgIpc) is 2.34. The number of rotatable bonds is 5. The molecule has 1 amide bonds. The number of amides is 1. The third kappa shape index (κ3) is 5.46. The number of sulfonamides is 1. The van der Waals surface area contributed by atoms with E-state index in [9.17, 15) is 13.2 Å². The van der Waals surface area contributed by atoms with Crippen molar-refractivity contribution in [2.75, 3.05) is 0 Å². The van der Waals surface area contributed by atoms with Gasteiger partial charge < -0.3 is 11.1 Å². The highest BCUT2D eigenvalue weighted by Crippen LogP contribution is 2.08. The van der Waals surface area contributed by atoms with Crippen molar-refractivity contribution in [1.82, 2.24) is 5.32 Å². The van der Waals surface area contributed by atoms with Crippen LogP contribution in [-0.2, 0) is 21.4 Å². The number of halogens is 1. The second-order valence-corrected chi connectivity index (χ2v) is 6.24. The number of nitrogens with two attached hydrogens (primary N) is 2. The Hall–Kier alpha value is -1.15. The minimum Gasteiger partial charge on any atom is -0.351 e. The van der Waals surface area contributed by atoms with Crippen LogP contribution in [0.5, 0.6) is 0 Å². The highest BCUT2D eigenvalue weighted by molar-refractivity contribution is 7.89. The highest BCUT2D eigenvalue weighted by Gasteiger charge is 2.16. The van der Waals surface area contributed by atoms with Gasteiger partial charge in [-0.2, -0.15) is 0 Å². The summed E-state index contributed by atoms with van der Waals surface area (Å²) in [7, 11) is -3.68. The molecule has 0 spiro atoms. The van der Waals surface area contributed by atoms with Crippen LogP contribution in [0.25, 0.3) is 0 Å². The summed E-state index contributed by atoms with van der Waals surface area (Å²) in [5.74, 6) is -0.171. The van der Waals surface area contributed by atoms with Crippen LogP contribution in [0.1, 0.15) is 19.4 Å². The molecule has 0 unspecified atom stereocenters. The van der Waals surface area contributed by atoms with Crippen LogP contribution < -0.4 is 16.2 Å². The van der Waals surface area contributed by atoms with Gasteiger partial charge in [-0.15, -0.1) is 12.4 Å². The van der Waals surface area contributed by atoms with Crippen LogP contribution in [0, 0.1) is 5.92 Å². The molecule has 8 heteroatoms. The Kier molecular flexibility index (Phi) is 7.15. The minimum atomic E-state index is -3.68. The summed E-state index contributed by atoms with van der Waals surface area (Å²) in [6, 6.07) is 5.45. The normalized spacial score (nSPS) is 12.7. The highest BCUT2D eigenvalue weighted by atomic mass is 35.5. The molecule has 0 aromatic heterocycles. The van der Waals surface area contributed by atoms with Gasteiger partial charge in [0, 0.05) is 6.54 Å². The van der Waals surface area contributed by atoms with E-state index in [1.165, 1.54) is 12.1 Å². The predicted octanol–water partition coefficient (Wildman–Crippen LogP) is 0.355. The summed E-state index contributed by atoms with van der Waals surface area (Å²) < 4.78 is 22.1. The Morgan fingerprint density at radius 2 is 1.75 bits per heavy atom. The molecule has 0 fully saturated rings. The van der Waals surface area contributed by atoms with E-state index in [-0.39, 0.29) is 29.1 Å². The Morgan fingerprint density at radius 1 is 1.25 bits per heavy atom. The van der Waals surface area contributed by atoms with Crippen molar-refractivity contribution in [1.29, 1.82) is 0 Å². The van der Waals surface area contributed by atoms with Gasteiger partial charge in [-0.1, -0.05) is 26.0 Å². The smallest absolute Gasteiger partial charge is 0.238 e. The van der Waals surface area contributed by atoms with E-state index in [2.05, 4.69) is 5.32 Å². The zero-order valence-electron chi connectivity index (χ0n) is 11.4. The van der Waals surface area contributed by atoms with Crippen molar-refractivity contribution < 1.29 is 13.2 Å². The number of carbonyl (C=O) groups is 1. The summed E-state index contributed by atoms with van der Waals surface area (Å²) in [6.45, 7) is 4.03. The van der Waals surface area contributed by atoms with Gasteiger partial charge in [0.05, 0.1) is 10.9 Å². The number of nitrogens with one attached hydrogen (secondary N) is 1. The molecule has 1 atom stereocenters. The first-order valence-electron chi connectivity index (χ1n) is 5.87. The van der Waals surface area contributed by atoms with Crippen LogP contribution in [0.3, 0.4) is 0 Å². The van der Waals surface area contributed by atoms with Crippen molar-refractivity contribution in [3.8, 4) is 0 Å². The molecule has 0 bridgehead atoms. The maximum absolute atomic E-state index is 11.6. The molecule has 0 aliphatic heterocycles. The molecular weight excluding hydrogens is 302 g/mol. The van der Waals surface area contributed by atoms with Crippen molar-refractivity contribution in [3.63, 3.8) is 0 Å². The lowest BCUT2D eigenvalue weighted by molar-refractivity contribution is -0.123. The minimum absolute atomic E-state index is 0. The number of primary sulfonamides is 1. The van der Waals surface area contributed by atoms with Gasteiger partial charge in [0.15, 0.2) is 0 Å². The molecular formula is C12H20ClN3O3S. The maximum atomic E-state index is 11.6. The topological polar surface area (TPSA) is 115 Å². The van der Waals surface area contributed by atoms with Crippen molar-refractivity contribution in [2.45, 2.75) is 31.3 Å². The molecule has 0 saturated carbocycles. The first kappa shape index (κ1) is 18.9. The van der Waals surface area contributed by atoms with E-state index in [0.29, 0.717) is 6.54 Å². The standard InChI is InChI=1S/C12H19N3O3S.ClH/c1-8(2)11(13)12(16)15-7-9-3-5-10(6-4-9)19(14,17)18;/h3-6,8,11H,7,13H2,1-2H3,(H,15,16)(H2,14,17,18);1H/t11-;/m1./s1. The fourth-order valence-electron chi connectivity index (χ4n) is 1.41. The van der Waals surface area contributed by atoms with Crippen LogP contribution in [-0.4, -0.2) is 20.4 Å². The van der Waals surface area contributed by atoms with Crippen molar-refractivity contribution in [3.05, 3.63) is 29.8 Å². The number of hydrogen-bond acceptors (Lipinski definition) is 4. The summed E-state index contributed by atoms with van der Waals surface area (Å²) in [4.78, 5) is 11.7. The van der Waals surface area contributed by atoms with E-state index >= 15 is 0 Å². The van der Waals surface area contributed by atoms with E-state index in [1.807, 2.05) is 13.8 Å². The lowest BCUT2D eigenvalue weighted by Crippen LogP contribution is -2.43. The quantitative estimate of drug-likeness (QED) is 0.726. The van der Waals surface area contributed by atoms with Crippen LogP contribution >= 0.6 is 12.4 Å². The maximum Gasteiger partial charge on any atom is 0.238 e. The summed E-state index contributed by atoms with van der Waals surface area (Å²) in [5.41, 5.74) is 6.47.